The summed E-state index contributed by atoms with van der Waals surface area (Å²) in [5, 5.41) is 8.78. The lowest BCUT2D eigenvalue weighted by Crippen LogP contribution is -1.85. The van der Waals surface area contributed by atoms with E-state index in [0.29, 0.717) is 0 Å². The minimum Gasteiger partial charge on any atom is -0.271 e. The molecule has 0 bridgehead atoms. The van der Waals surface area contributed by atoms with E-state index in [0.717, 1.165) is 27.4 Å². The minimum absolute atomic E-state index is 0.137. The Hall–Kier alpha value is -2.20. The number of rotatable bonds is 3. The quantitative estimate of drug-likeness (QED) is 0.738. The monoisotopic (exact) mass is 295 g/mol. The van der Waals surface area contributed by atoms with Crippen molar-refractivity contribution in [1.29, 1.82) is 0 Å². The topological polar surface area (TPSA) is 41.6 Å². The first kappa shape index (κ1) is 13.8. The van der Waals surface area contributed by atoms with E-state index >= 15 is 0 Å². The summed E-state index contributed by atoms with van der Waals surface area (Å²) in [6.45, 7) is 2.09. The molecule has 0 fully saturated rings. The third-order valence-electron chi connectivity index (χ3n) is 3.38. The number of aromatic nitrogens is 3. The van der Waals surface area contributed by atoms with Crippen molar-refractivity contribution >= 4 is 16.4 Å². The molecule has 0 saturated carbocycles. The number of aryl methyl sites for hydroxylation is 1. The van der Waals surface area contributed by atoms with Crippen LogP contribution in [0.1, 0.15) is 5.56 Å². The number of hydrogen-bond acceptors (Lipinski definition) is 2. The Labute approximate surface area is 127 Å². The number of benzene rings is 1. The van der Waals surface area contributed by atoms with Crippen molar-refractivity contribution in [2.45, 2.75) is 11.9 Å². The Kier molecular flexibility index (Phi) is 3.71. The van der Waals surface area contributed by atoms with Crippen LogP contribution in [-0.4, -0.2) is 27.3 Å². The molecule has 0 saturated heterocycles. The van der Waals surface area contributed by atoms with E-state index in [1.54, 1.807) is 0 Å². The molecule has 3 rings (SSSR count). The van der Waals surface area contributed by atoms with E-state index in [9.17, 15) is 0 Å². The van der Waals surface area contributed by atoms with E-state index in [4.69, 9.17) is 0 Å². The van der Waals surface area contributed by atoms with Crippen LogP contribution in [0.2, 0.25) is 0 Å². The summed E-state index contributed by atoms with van der Waals surface area (Å²) in [7, 11) is -0.137. The molecule has 0 aliphatic heterocycles. The lowest BCUT2D eigenvalue weighted by molar-refractivity contribution is 1.01. The molecule has 2 heterocycles. The van der Waals surface area contributed by atoms with Crippen molar-refractivity contribution in [3.05, 3.63) is 54.4 Å². The minimum atomic E-state index is -0.137. The summed E-state index contributed by atoms with van der Waals surface area (Å²) in [5.41, 5.74) is 5.57. The third kappa shape index (κ3) is 2.67. The number of nitrogens with zero attached hydrogens (tertiary/aromatic N) is 2. The second-order valence-corrected chi connectivity index (χ2v) is 6.70. The van der Waals surface area contributed by atoms with Gasteiger partial charge in [0, 0.05) is 23.5 Å². The van der Waals surface area contributed by atoms with Crippen LogP contribution in [-0.2, 0) is 0 Å². The second kappa shape index (κ2) is 5.66. The first-order valence-electron chi connectivity index (χ1n) is 6.68. The van der Waals surface area contributed by atoms with Gasteiger partial charge in [-0.05, 0) is 30.9 Å². The SMILES string of the molecule is C=S(C)c1[nH]nc(-c2ccc(C)cc2)c1-c1ccncc1. The summed E-state index contributed by atoms with van der Waals surface area (Å²) < 4.78 is 0. The van der Waals surface area contributed by atoms with Crippen molar-refractivity contribution in [2.75, 3.05) is 6.26 Å². The van der Waals surface area contributed by atoms with Crippen LogP contribution in [0.25, 0.3) is 22.4 Å². The molecular formula is C17H17N3S. The molecule has 1 aromatic carbocycles. The first-order valence-corrected chi connectivity index (χ1v) is 8.48. The predicted molar refractivity (Wildman–Crippen MR) is 90.9 cm³/mol. The summed E-state index contributed by atoms with van der Waals surface area (Å²) in [6.07, 6.45) is 5.71. The van der Waals surface area contributed by atoms with Gasteiger partial charge in [-0.3, -0.25) is 10.1 Å². The van der Waals surface area contributed by atoms with E-state index in [1.165, 1.54) is 5.56 Å². The van der Waals surface area contributed by atoms with Gasteiger partial charge in [-0.1, -0.05) is 35.7 Å². The maximum absolute atomic E-state index is 4.54. The van der Waals surface area contributed by atoms with Crippen LogP contribution < -0.4 is 0 Å². The van der Waals surface area contributed by atoms with Crippen LogP contribution in [0.15, 0.2) is 53.8 Å². The fraction of sp³-hybridized carbons (Fsp3) is 0.118. The van der Waals surface area contributed by atoms with Gasteiger partial charge in [0.2, 0.25) is 0 Å². The number of nitrogens with one attached hydrogen (secondary N) is 1. The smallest absolute Gasteiger partial charge is 0.101 e. The Bertz CT molecular complexity index is 774. The van der Waals surface area contributed by atoms with E-state index in [2.05, 4.69) is 58.5 Å². The molecule has 3 aromatic rings. The fourth-order valence-corrected chi connectivity index (χ4v) is 3.05. The van der Waals surface area contributed by atoms with Gasteiger partial charge in [0.05, 0.1) is 5.03 Å². The average Bonchev–Trinajstić information content (AvgIpc) is 2.94. The van der Waals surface area contributed by atoms with Gasteiger partial charge >= 0.3 is 0 Å². The van der Waals surface area contributed by atoms with Gasteiger partial charge in [0.15, 0.2) is 0 Å². The number of hydrogen-bond donors (Lipinski definition) is 1. The maximum Gasteiger partial charge on any atom is 0.101 e. The van der Waals surface area contributed by atoms with E-state index in [1.807, 2.05) is 24.5 Å². The zero-order valence-corrected chi connectivity index (χ0v) is 12.9. The Balaban J connectivity index is 2.22. The normalized spacial score (nSPS) is 12.3. The first-order chi connectivity index (χ1) is 10.2. The van der Waals surface area contributed by atoms with Gasteiger partial charge in [0.25, 0.3) is 0 Å². The Morgan fingerprint density at radius 3 is 2.29 bits per heavy atom. The van der Waals surface area contributed by atoms with Gasteiger partial charge in [-0.25, -0.2) is 0 Å². The lowest BCUT2D eigenvalue weighted by atomic mass is 10.0. The lowest BCUT2D eigenvalue weighted by Gasteiger charge is -2.07. The second-order valence-electron chi connectivity index (χ2n) is 5.02. The average molecular weight is 295 g/mol. The third-order valence-corrected chi connectivity index (χ3v) is 4.37. The number of aromatic amines is 1. The van der Waals surface area contributed by atoms with Gasteiger partial charge in [0.1, 0.15) is 5.69 Å². The molecule has 0 spiro atoms. The van der Waals surface area contributed by atoms with Crippen LogP contribution in [0.3, 0.4) is 0 Å². The number of H-pyrrole nitrogens is 1. The van der Waals surface area contributed by atoms with Gasteiger partial charge in [-0.15, -0.1) is 10.5 Å². The highest BCUT2D eigenvalue weighted by Crippen LogP contribution is 2.38. The zero-order valence-electron chi connectivity index (χ0n) is 12.1. The summed E-state index contributed by atoms with van der Waals surface area (Å²) >= 11 is 0. The maximum atomic E-state index is 4.54. The number of pyridine rings is 1. The molecule has 1 unspecified atom stereocenters. The van der Waals surface area contributed by atoms with Crippen molar-refractivity contribution < 1.29 is 0 Å². The van der Waals surface area contributed by atoms with Gasteiger partial charge in [-0.2, -0.15) is 5.10 Å². The molecule has 0 aliphatic rings. The largest absolute Gasteiger partial charge is 0.271 e. The highest BCUT2D eigenvalue weighted by Gasteiger charge is 2.16. The highest BCUT2D eigenvalue weighted by atomic mass is 32.2. The summed E-state index contributed by atoms with van der Waals surface area (Å²) in [6, 6.07) is 12.5. The van der Waals surface area contributed by atoms with Crippen LogP contribution in [0.4, 0.5) is 0 Å². The molecule has 21 heavy (non-hydrogen) atoms. The summed E-state index contributed by atoms with van der Waals surface area (Å²) in [5.74, 6) is 4.16. The van der Waals surface area contributed by atoms with Crippen molar-refractivity contribution in [3.63, 3.8) is 0 Å². The van der Waals surface area contributed by atoms with Crippen LogP contribution in [0.5, 0.6) is 0 Å². The molecule has 106 valence electrons. The molecule has 0 aliphatic carbocycles. The van der Waals surface area contributed by atoms with Crippen molar-refractivity contribution in [1.82, 2.24) is 15.2 Å². The molecule has 0 radical (unpaired) electrons. The van der Waals surface area contributed by atoms with Gasteiger partial charge < -0.3 is 0 Å². The van der Waals surface area contributed by atoms with Crippen molar-refractivity contribution in [3.8, 4) is 22.4 Å². The Morgan fingerprint density at radius 2 is 1.67 bits per heavy atom. The molecule has 1 N–H and O–H groups in total. The molecule has 1 atom stereocenters. The molecule has 3 nitrogen and oxygen atoms in total. The van der Waals surface area contributed by atoms with Crippen LogP contribution >= 0.6 is 10.5 Å². The molecule has 0 amide bonds. The summed E-state index contributed by atoms with van der Waals surface area (Å²) in [4.78, 5) is 4.10. The van der Waals surface area contributed by atoms with E-state index in [-0.39, 0.29) is 10.5 Å². The standard InChI is InChI=1S/C17H17N3S/c1-12-4-6-14(7-5-12)16-15(13-8-10-18-11-9-13)17(20-19-16)21(2)3/h4-11H,2H2,1,3H3,(H,19,20). The van der Waals surface area contributed by atoms with E-state index < -0.39 is 0 Å². The fourth-order valence-electron chi connectivity index (χ4n) is 2.28. The van der Waals surface area contributed by atoms with Crippen LogP contribution in [0, 0.1) is 6.92 Å². The highest BCUT2D eigenvalue weighted by molar-refractivity contribution is 8.13. The predicted octanol–water partition coefficient (Wildman–Crippen LogP) is 4.14. The molecule has 4 heteroatoms. The Morgan fingerprint density at radius 1 is 1.00 bits per heavy atom. The zero-order chi connectivity index (χ0) is 14.8. The molecular weight excluding hydrogens is 278 g/mol. The van der Waals surface area contributed by atoms with Crippen molar-refractivity contribution in [2.24, 2.45) is 0 Å². The molecule has 2 aromatic heterocycles.